The maximum atomic E-state index is 5.54. The largest absolute Gasteiger partial charge is 0.497 e. The van der Waals surface area contributed by atoms with Crippen molar-refractivity contribution in [3.05, 3.63) is 29.3 Å². The molecular weight excluding hydrogens is 224 g/mol. The molecule has 0 unspecified atom stereocenters. The monoisotopic (exact) mass is 246 g/mol. The molecule has 1 aliphatic carbocycles. The van der Waals surface area contributed by atoms with Gasteiger partial charge in [0.15, 0.2) is 0 Å². The van der Waals surface area contributed by atoms with E-state index < -0.39 is 0 Å². The molecule has 2 rings (SSSR count). The Hall–Kier alpha value is -1.44. The third-order valence-corrected chi connectivity index (χ3v) is 3.54. The highest BCUT2D eigenvalue weighted by Gasteiger charge is 2.18. The van der Waals surface area contributed by atoms with Crippen molar-refractivity contribution in [1.82, 2.24) is 0 Å². The van der Waals surface area contributed by atoms with Gasteiger partial charge in [-0.05, 0) is 42.9 Å². The first kappa shape index (κ1) is 13.0. The number of ether oxygens (including phenoxy) is 2. The van der Waals surface area contributed by atoms with E-state index in [4.69, 9.17) is 9.47 Å². The second-order valence-electron chi connectivity index (χ2n) is 4.74. The first-order chi connectivity index (χ1) is 8.80. The van der Waals surface area contributed by atoms with E-state index in [0.29, 0.717) is 0 Å². The molecule has 0 radical (unpaired) electrons. The summed E-state index contributed by atoms with van der Waals surface area (Å²) >= 11 is 0. The molecule has 0 bridgehead atoms. The van der Waals surface area contributed by atoms with Crippen LogP contribution in [0.1, 0.15) is 43.7 Å². The maximum absolute atomic E-state index is 5.54. The van der Waals surface area contributed by atoms with Crippen LogP contribution in [0.25, 0.3) is 5.57 Å². The fourth-order valence-corrected chi connectivity index (χ4v) is 2.58. The van der Waals surface area contributed by atoms with Gasteiger partial charge in [0.25, 0.3) is 0 Å². The molecule has 2 nitrogen and oxygen atoms in total. The second-order valence-corrected chi connectivity index (χ2v) is 4.74. The molecule has 1 aliphatic rings. The number of hydrogen-bond acceptors (Lipinski definition) is 2. The summed E-state index contributed by atoms with van der Waals surface area (Å²) in [5, 5.41) is 0. The molecule has 18 heavy (non-hydrogen) atoms. The van der Waals surface area contributed by atoms with Crippen LogP contribution in [-0.4, -0.2) is 14.2 Å². The Bertz CT molecular complexity index is 447. The molecular formula is C16H22O2. The van der Waals surface area contributed by atoms with Gasteiger partial charge in [0.2, 0.25) is 0 Å². The van der Waals surface area contributed by atoms with Crippen LogP contribution < -0.4 is 9.47 Å². The molecule has 2 heteroatoms. The minimum Gasteiger partial charge on any atom is -0.497 e. The highest BCUT2D eigenvalue weighted by molar-refractivity contribution is 5.75. The third kappa shape index (κ3) is 2.53. The third-order valence-electron chi connectivity index (χ3n) is 3.54. The van der Waals surface area contributed by atoms with Gasteiger partial charge in [-0.15, -0.1) is 0 Å². The van der Waals surface area contributed by atoms with E-state index in [9.17, 15) is 0 Å². The summed E-state index contributed by atoms with van der Waals surface area (Å²) in [4.78, 5) is 0. The zero-order chi connectivity index (χ0) is 13.0. The Kier molecular flexibility index (Phi) is 4.29. The lowest BCUT2D eigenvalue weighted by atomic mass is 9.87. The summed E-state index contributed by atoms with van der Waals surface area (Å²) in [5.41, 5.74) is 4.11. The lowest BCUT2D eigenvalue weighted by molar-refractivity contribution is 0.392. The van der Waals surface area contributed by atoms with E-state index in [0.717, 1.165) is 30.8 Å². The zero-order valence-corrected chi connectivity index (χ0v) is 11.6. The lowest BCUT2D eigenvalue weighted by Crippen LogP contribution is -2.04. The smallest absolute Gasteiger partial charge is 0.130 e. The van der Waals surface area contributed by atoms with Gasteiger partial charge in [0, 0.05) is 11.6 Å². The predicted molar refractivity (Wildman–Crippen MR) is 75.4 cm³/mol. The van der Waals surface area contributed by atoms with Crippen LogP contribution in [0, 0.1) is 0 Å². The first-order valence-electron chi connectivity index (χ1n) is 6.74. The Balaban J connectivity index is 2.41. The summed E-state index contributed by atoms with van der Waals surface area (Å²) in [5.74, 6) is 1.84. The normalized spacial score (nSPS) is 13.8. The van der Waals surface area contributed by atoms with Crippen molar-refractivity contribution < 1.29 is 9.47 Å². The van der Waals surface area contributed by atoms with Crippen molar-refractivity contribution in [3.63, 3.8) is 0 Å². The second kappa shape index (κ2) is 5.94. The summed E-state index contributed by atoms with van der Waals surface area (Å²) in [6.07, 6.45) is 8.19. The van der Waals surface area contributed by atoms with Crippen molar-refractivity contribution in [2.24, 2.45) is 0 Å². The Labute approximate surface area is 110 Å². The van der Waals surface area contributed by atoms with Crippen LogP contribution in [-0.2, 0) is 6.42 Å². The summed E-state index contributed by atoms with van der Waals surface area (Å²) < 4.78 is 10.9. The molecule has 98 valence electrons. The van der Waals surface area contributed by atoms with Gasteiger partial charge in [-0.3, -0.25) is 0 Å². The van der Waals surface area contributed by atoms with Gasteiger partial charge in [-0.25, -0.2) is 0 Å². The first-order valence-corrected chi connectivity index (χ1v) is 6.74. The highest BCUT2D eigenvalue weighted by atomic mass is 16.5. The Morgan fingerprint density at radius 1 is 1.17 bits per heavy atom. The quantitative estimate of drug-likeness (QED) is 0.774. The van der Waals surface area contributed by atoms with Crippen LogP contribution in [0.5, 0.6) is 11.5 Å². The lowest BCUT2D eigenvalue weighted by Gasteiger charge is -2.21. The fraction of sp³-hybridized carbons (Fsp3) is 0.500. The van der Waals surface area contributed by atoms with Crippen molar-refractivity contribution in [2.45, 2.75) is 39.0 Å². The van der Waals surface area contributed by atoms with Gasteiger partial charge in [-0.2, -0.15) is 0 Å². The predicted octanol–water partition coefficient (Wildman–Crippen LogP) is 4.22. The van der Waals surface area contributed by atoms with E-state index in [1.165, 1.54) is 29.5 Å². The SMILES string of the molecule is CCCCC1=CCCc2cc(OC)cc(OC)c21. The number of allylic oxidation sites excluding steroid dienone is 2. The Morgan fingerprint density at radius 3 is 2.67 bits per heavy atom. The summed E-state index contributed by atoms with van der Waals surface area (Å²) in [6.45, 7) is 2.23. The molecule has 0 amide bonds. The molecule has 1 aromatic carbocycles. The molecule has 1 aromatic rings. The summed E-state index contributed by atoms with van der Waals surface area (Å²) in [7, 11) is 3.44. The molecule has 0 fully saturated rings. The summed E-state index contributed by atoms with van der Waals surface area (Å²) in [6, 6.07) is 4.14. The van der Waals surface area contributed by atoms with Crippen LogP contribution in [0.2, 0.25) is 0 Å². The molecule has 0 heterocycles. The van der Waals surface area contributed by atoms with Crippen LogP contribution >= 0.6 is 0 Å². The molecule has 0 N–H and O–H groups in total. The van der Waals surface area contributed by atoms with Gasteiger partial charge in [0.05, 0.1) is 14.2 Å². The minimum absolute atomic E-state index is 0.891. The molecule has 0 aliphatic heterocycles. The van der Waals surface area contributed by atoms with Gasteiger partial charge >= 0.3 is 0 Å². The number of rotatable bonds is 5. The number of aryl methyl sites for hydroxylation is 1. The average Bonchev–Trinajstić information content (AvgIpc) is 2.43. The number of unbranched alkanes of at least 4 members (excludes halogenated alkanes) is 1. The van der Waals surface area contributed by atoms with Crippen LogP contribution in [0.3, 0.4) is 0 Å². The van der Waals surface area contributed by atoms with Crippen LogP contribution in [0.4, 0.5) is 0 Å². The van der Waals surface area contributed by atoms with E-state index in [-0.39, 0.29) is 0 Å². The van der Waals surface area contributed by atoms with Gasteiger partial charge in [0.1, 0.15) is 11.5 Å². The molecule has 0 saturated heterocycles. The van der Waals surface area contributed by atoms with Gasteiger partial charge < -0.3 is 9.47 Å². The zero-order valence-electron chi connectivity index (χ0n) is 11.6. The highest BCUT2D eigenvalue weighted by Crippen LogP contribution is 2.39. The fourth-order valence-electron chi connectivity index (χ4n) is 2.58. The van der Waals surface area contributed by atoms with Gasteiger partial charge in [-0.1, -0.05) is 19.4 Å². The van der Waals surface area contributed by atoms with E-state index in [2.05, 4.69) is 19.1 Å². The molecule has 0 aromatic heterocycles. The van der Waals surface area contributed by atoms with Crippen molar-refractivity contribution >= 4 is 5.57 Å². The maximum Gasteiger partial charge on any atom is 0.130 e. The molecule has 0 atom stereocenters. The number of hydrogen-bond donors (Lipinski definition) is 0. The minimum atomic E-state index is 0.891. The molecule has 0 spiro atoms. The van der Waals surface area contributed by atoms with Crippen LogP contribution in [0.15, 0.2) is 18.2 Å². The van der Waals surface area contributed by atoms with Crippen molar-refractivity contribution in [3.8, 4) is 11.5 Å². The number of methoxy groups -OCH3 is 2. The van der Waals surface area contributed by atoms with Crippen molar-refractivity contribution in [1.29, 1.82) is 0 Å². The average molecular weight is 246 g/mol. The topological polar surface area (TPSA) is 18.5 Å². The molecule has 0 saturated carbocycles. The number of benzene rings is 1. The Morgan fingerprint density at radius 2 is 2.00 bits per heavy atom. The van der Waals surface area contributed by atoms with E-state index >= 15 is 0 Å². The van der Waals surface area contributed by atoms with Crippen molar-refractivity contribution in [2.75, 3.05) is 14.2 Å². The van der Waals surface area contributed by atoms with E-state index in [1.807, 2.05) is 6.07 Å². The standard InChI is InChI=1S/C16H22O2/c1-4-5-7-12-8-6-9-13-10-14(17-2)11-15(18-3)16(12)13/h8,10-11H,4-7,9H2,1-3H3. The van der Waals surface area contributed by atoms with E-state index in [1.54, 1.807) is 14.2 Å². The number of fused-ring (bicyclic) bond motifs is 1.